The van der Waals surface area contributed by atoms with Gasteiger partial charge in [0.25, 0.3) is 0 Å². The molecule has 0 radical (unpaired) electrons. The van der Waals surface area contributed by atoms with E-state index >= 15 is 0 Å². The Bertz CT molecular complexity index is 687. The van der Waals surface area contributed by atoms with Crippen LogP contribution in [0, 0.1) is 0 Å². The lowest BCUT2D eigenvalue weighted by Gasteiger charge is -2.29. The average molecular weight is 419 g/mol. The predicted molar refractivity (Wildman–Crippen MR) is 105 cm³/mol. The van der Waals surface area contributed by atoms with Crippen LogP contribution in [0.25, 0.3) is 0 Å². The van der Waals surface area contributed by atoms with Crippen LogP contribution >= 0.6 is 7.60 Å². The van der Waals surface area contributed by atoms with Crippen molar-refractivity contribution >= 4 is 35.9 Å². The Kier molecular flexibility index (Phi) is 7.56. The van der Waals surface area contributed by atoms with E-state index in [1.165, 1.54) is 12.1 Å². The molecule has 1 aromatic rings. The van der Waals surface area contributed by atoms with E-state index in [1.807, 2.05) is 0 Å². The zero-order valence-electron chi connectivity index (χ0n) is 16.3. The Morgan fingerprint density at radius 3 is 1.92 bits per heavy atom. The fourth-order valence-corrected chi connectivity index (χ4v) is 8.96. The summed E-state index contributed by atoms with van der Waals surface area (Å²) in [5, 5.41) is 0. The molecule has 0 aliphatic rings. The Morgan fingerprint density at radius 2 is 1.46 bits per heavy atom. The van der Waals surface area contributed by atoms with Gasteiger partial charge in [-0.2, -0.15) is 0 Å². The highest BCUT2D eigenvalue weighted by molar-refractivity contribution is 7.73. The van der Waals surface area contributed by atoms with Crippen LogP contribution in [0.4, 0.5) is 4.79 Å². The van der Waals surface area contributed by atoms with E-state index in [9.17, 15) is 14.2 Å². The van der Waals surface area contributed by atoms with Gasteiger partial charge in [-0.05, 0) is 58.3 Å². The van der Waals surface area contributed by atoms with Crippen molar-refractivity contribution < 1.29 is 32.1 Å². The number of para-hydroxylation sites is 1. The van der Waals surface area contributed by atoms with Crippen molar-refractivity contribution in [1.82, 2.24) is 0 Å². The molecule has 1 rings (SSSR count). The molecular formula is C16H27O7PSi2. The van der Waals surface area contributed by atoms with Crippen LogP contribution in [-0.2, 0) is 17.7 Å². The molecule has 146 valence electrons. The van der Waals surface area contributed by atoms with Crippen LogP contribution < -0.4 is 4.74 Å². The molecule has 26 heavy (non-hydrogen) atoms. The number of esters is 1. The third-order valence-electron chi connectivity index (χ3n) is 2.59. The molecule has 0 atom stereocenters. The lowest BCUT2D eigenvalue weighted by molar-refractivity contribution is 0.0523. The van der Waals surface area contributed by atoms with Crippen LogP contribution in [0.1, 0.15) is 17.3 Å². The summed E-state index contributed by atoms with van der Waals surface area (Å²) in [7, 11) is -8.93. The van der Waals surface area contributed by atoms with E-state index in [1.54, 1.807) is 58.3 Å². The zero-order chi connectivity index (χ0) is 20.2. The van der Waals surface area contributed by atoms with Gasteiger partial charge in [0.2, 0.25) is 0 Å². The summed E-state index contributed by atoms with van der Waals surface area (Å²) in [5.41, 5.74) is -1.06. The number of hydrogen-bond acceptors (Lipinski definition) is 7. The summed E-state index contributed by atoms with van der Waals surface area (Å²) in [6.07, 6.45) is 0. The molecule has 0 amide bonds. The summed E-state index contributed by atoms with van der Waals surface area (Å²) in [6, 6.07) is 6.09. The molecule has 0 spiro atoms. The zero-order valence-corrected chi connectivity index (χ0v) is 19.2. The van der Waals surface area contributed by atoms with Gasteiger partial charge in [0, 0.05) is 0 Å². The highest BCUT2D eigenvalue weighted by Gasteiger charge is 2.45. The third-order valence-corrected chi connectivity index (χ3v) is 9.43. The van der Waals surface area contributed by atoms with E-state index in [4.69, 9.17) is 17.9 Å². The first-order valence-electron chi connectivity index (χ1n) is 8.27. The first kappa shape index (κ1) is 22.8. The van der Waals surface area contributed by atoms with E-state index in [-0.39, 0.29) is 17.9 Å². The molecule has 0 bridgehead atoms. The SMILES string of the molecule is CCOC(=O)c1ccccc1OC(=O)P(=O)(O[Si](C)(C)C)O[Si](C)(C)C. The molecule has 1 aromatic carbocycles. The second kappa shape index (κ2) is 8.62. The van der Waals surface area contributed by atoms with Gasteiger partial charge in [0.05, 0.1) is 6.61 Å². The fraction of sp³-hybridized carbons (Fsp3) is 0.500. The van der Waals surface area contributed by atoms with Crippen LogP contribution in [-0.4, -0.2) is 34.9 Å². The van der Waals surface area contributed by atoms with Crippen molar-refractivity contribution in [3.05, 3.63) is 29.8 Å². The predicted octanol–water partition coefficient (Wildman–Crippen LogP) is 5.26. The van der Waals surface area contributed by atoms with Crippen molar-refractivity contribution in [3.63, 3.8) is 0 Å². The molecule has 7 nitrogen and oxygen atoms in total. The summed E-state index contributed by atoms with van der Waals surface area (Å²) in [4.78, 5) is 24.7. The molecule has 0 aliphatic carbocycles. The molecule has 10 heteroatoms. The Hall–Kier alpha value is -1.26. The maximum Gasteiger partial charge on any atom is 0.424 e. The van der Waals surface area contributed by atoms with Crippen LogP contribution in [0.2, 0.25) is 39.3 Å². The van der Waals surface area contributed by atoms with Gasteiger partial charge in [-0.3, -0.25) is 0 Å². The van der Waals surface area contributed by atoms with E-state index < -0.39 is 35.9 Å². The van der Waals surface area contributed by atoms with Gasteiger partial charge in [-0.15, -0.1) is 0 Å². The lowest BCUT2D eigenvalue weighted by atomic mass is 10.2. The summed E-state index contributed by atoms with van der Waals surface area (Å²) in [6.45, 7) is 12.6. The normalized spacial score (nSPS) is 12.6. The minimum absolute atomic E-state index is 0.0467. The summed E-state index contributed by atoms with van der Waals surface area (Å²) < 4.78 is 34.6. The van der Waals surface area contributed by atoms with Crippen molar-refractivity contribution in [1.29, 1.82) is 0 Å². The molecule has 0 aliphatic heterocycles. The van der Waals surface area contributed by atoms with Gasteiger partial charge in [0.15, 0.2) is 16.6 Å². The minimum atomic E-state index is -4.17. The number of rotatable bonds is 8. The van der Waals surface area contributed by atoms with Crippen LogP contribution in [0.15, 0.2) is 24.3 Å². The maximum atomic E-state index is 13.2. The monoisotopic (exact) mass is 418 g/mol. The van der Waals surface area contributed by atoms with Crippen LogP contribution in [0.3, 0.4) is 0 Å². The summed E-state index contributed by atoms with van der Waals surface area (Å²) >= 11 is 0. The van der Waals surface area contributed by atoms with Gasteiger partial charge in [-0.1, -0.05) is 12.1 Å². The summed E-state index contributed by atoms with van der Waals surface area (Å²) in [5.74, 6) is -0.683. The van der Waals surface area contributed by atoms with Gasteiger partial charge >= 0.3 is 19.3 Å². The number of hydrogen-bond donors (Lipinski definition) is 0. The Labute approximate surface area is 156 Å². The first-order valence-corrected chi connectivity index (χ1v) is 16.6. The van der Waals surface area contributed by atoms with E-state index in [0.717, 1.165) is 0 Å². The fourth-order valence-electron chi connectivity index (χ4n) is 1.90. The van der Waals surface area contributed by atoms with E-state index in [0.29, 0.717) is 0 Å². The number of ether oxygens (including phenoxy) is 2. The van der Waals surface area contributed by atoms with Gasteiger partial charge in [-0.25, -0.2) is 14.2 Å². The van der Waals surface area contributed by atoms with Crippen molar-refractivity contribution in [2.24, 2.45) is 0 Å². The highest BCUT2D eigenvalue weighted by atomic mass is 31.2. The Morgan fingerprint density at radius 1 is 0.962 bits per heavy atom. The second-order valence-electron chi connectivity index (χ2n) is 7.49. The largest absolute Gasteiger partial charge is 0.462 e. The highest BCUT2D eigenvalue weighted by Crippen LogP contribution is 2.54. The molecule has 0 saturated carbocycles. The second-order valence-corrected chi connectivity index (χ2v) is 18.8. The molecular weight excluding hydrogens is 391 g/mol. The topological polar surface area (TPSA) is 88.1 Å². The number of carbonyl (C=O) groups excluding carboxylic acids is 2. The number of carbonyl (C=O) groups is 2. The molecule has 0 aromatic heterocycles. The van der Waals surface area contributed by atoms with Crippen molar-refractivity contribution in [2.45, 2.75) is 46.2 Å². The maximum absolute atomic E-state index is 13.2. The van der Waals surface area contributed by atoms with Gasteiger partial charge in [0.1, 0.15) is 11.3 Å². The molecule has 0 heterocycles. The average Bonchev–Trinajstić information content (AvgIpc) is 2.43. The third kappa shape index (κ3) is 7.16. The number of benzene rings is 1. The standard InChI is InChI=1S/C16H27O7PSi2/c1-8-20-15(17)13-11-9-10-12-14(13)21-16(18)24(19,22-25(2,3)4)23-26(5,6)7/h9-12H,8H2,1-7H3. The van der Waals surface area contributed by atoms with Crippen molar-refractivity contribution in [2.75, 3.05) is 6.61 Å². The quantitative estimate of drug-likeness (QED) is 0.323. The molecule has 0 fully saturated rings. The van der Waals surface area contributed by atoms with Crippen LogP contribution in [0.5, 0.6) is 5.75 Å². The smallest absolute Gasteiger partial charge is 0.424 e. The lowest BCUT2D eigenvalue weighted by Crippen LogP contribution is -2.32. The molecule has 0 unspecified atom stereocenters. The minimum Gasteiger partial charge on any atom is -0.462 e. The molecule has 0 saturated heterocycles. The Balaban J connectivity index is 3.19. The van der Waals surface area contributed by atoms with Gasteiger partial charge < -0.3 is 17.9 Å². The first-order chi connectivity index (χ1) is 11.8. The van der Waals surface area contributed by atoms with E-state index in [2.05, 4.69) is 0 Å². The molecule has 0 N–H and O–H groups in total. The van der Waals surface area contributed by atoms with Crippen molar-refractivity contribution in [3.8, 4) is 5.75 Å².